The molecule has 1 heterocycles. The predicted octanol–water partition coefficient (Wildman–Crippen LogP) is 3.11. The highest BCUT2D eigenvalue weighted by molar-refractivity contribution is 9.11. The molecule has 23 heavy (non-hydrogen) atoms. The second-order valence-corrected chi connectivity index (χ2v) is 6.48. The van der Waals surface area contributed by atoms with Crippen molar-refractivity contribution in [1.82, 2.24) is 10.6 Å². The average molecular weight is 448 g/mol. The molecule has 124 valence electrons. The number of nitrogens with one attached hydrogen (secondary N) is 2. The van der Waals surface area contributed by atoms with Crippen LogP contribution in [0, 0.1) is 0 Å². The summed E-state index contributed by atoms with van der Waals surface area (Å²) >= 11 is 6.80. The molecule has 0 bridgehead atoms. The van der Waals surface area contributed by atoms with Crippen LogP contribution in [-0.2, 0) is 9.53 Å². The van der Waals surface area contributed by atoms with E-state index in [0.717, 1.165) is 8.95 Å². The van der Waals surface area contributed by atoms with E-state index in [1.807, 2.05) is 18.2 Å². The van der Waals surface area contributed by atoms with E-state index in [-0.39, 0.29) is 19.2 Å². The molecular formula is C15H16Br2N2O4. The predicted molar refractivity (Wildman–Crippen MR) is 92.1 cm³/mol. The van der Waals surface area contributed by atoms with Crippen LogP contribution in [0.1, 0.15) is 13.8 Å². The smallest absolute Gasteiger partial charge is 0.338 e. The molecule has 0 radical (unpaired) electrons. The summed E-state index contributed by atoms with van der Waals surface area (Å²) in [4.78, 5) is 23.8. The molecule has 1 unspecified atom stereocenters. The molecule has 2 rings (SSSR count). The van der Waals surface area contributed by atoms with Crippen LogP contribution in [0.2, 0.25) is 0 Å². The number of carbonyl (C=O) groups excluding carboxylic acids is 2. The molecule has 1 aliphatic rings. The summed E-state index contributed by atoms with van der Waals surface area (Å²) in [5.41, 5.74) is 0.747. The molecule has 1 aliphatic heterocycles. The van der Waals surface area contributed by atoms with Crippen molar-refractivity contribution in [3.63, 3.8) is 0 Å². The Balaban J connectivity index is 2.27. The Kier molecular flexibility index (Phi) is 6.06. The van der Waals surface area contributed by atoms with Crippen molar-refractivity contribution in [3.05, 3.63) is 38.4 Å². The Morgan fingerprint density at radius 1 is 1.30 bits per heavy atom. The van der Waals surface area contributed by atoms with Crippen LogP contribution in [0.25, 0.3) is 0 Å². The lowest BCUT2D eigenvalue weighted by Gasteiger charge is -2.26. The number of rotatable bonds is 5. The lowest BCUT2D eigenvalue weighted by Crippen LogP contribution is -2.50. The zero-order valence-corrected chi connectivity index (χ0v) is 15.8. The van der Waals surface area contributed by atoms with Gasteiger partial charge < -0.3 is 20.1 Å². The number of urea groups is 1. The zero-order valence-electron chi connectivity index (χ0n) is 12.6. The van der Waals surface area contributed by atoms with Crippen LogP contribution in [0.15, 0.2) is 38.4 Å². The summed E-state index contributed by atoms with van der Waals surface area (Å²) in [6, 6.07) is 4.70. The third-order valence-corrected chi connectivity index (χ3v) is 4.39. The van der Waals surface area contributed by atoms with Gasteiger partial charge in [0.2, 0.25) is 0 Å². The SMILES string of the molecule is CCOC(=O)C1=C(COc2c(Br)cccc2Br)NC(=O)NC1C. The number of ether oxygens (including phenoxy) is 2. The fraction of sp³-hybridized carbons (Fsp3) is 0.333. The van der Waals surface area contributed by atoms with Crippen molar-refractivity contribution < 1.29 is 19.1 Å². The average Bonchev–Trinajstić information content (AvgIpc) is 2.46. The number of hydrogen-bond donors (Lipinski definition) is 2. The fourth-order valence-electron chi connectivity index (χ4n) is 2.16. The van der Waals surface area contributed by atoms with Gasteiger partial charge >= 0.3 is 12.0 Å². The Hall–Kier alpha value is -1.54. The normalized spacial score (nSPS) is 17.4. The van der Waals surface area contributed by atoms with Gasteiger partial charge in [0.15, 0.2) is 0 Å². The van der Waals surface area contributed by atoms with Crippen LogP contribution in [0.5, 0.6) is 5.75 Å². The molecule has 0 spiro atoms. The maximum absolute atomic E-state index is 12.1. The van der Waals surface area contributed by atoms with Gasteiger partial charge in [-0.15, -0.1) is 0 Å². The highest BCUT2D eigenvalue weighted by Crippen LogP contribution is 2.33. The van der Waals surface area contributed by atoms with Gasteiger partial charge in [-0.3, -0.25) is 0 Å². The Labute approximate surface area is 150 Å². The number of amides is 2. The van der Waals surface area contributed by atoms with Crippen molar-refractivity contribution in [2.24, 2.45) is 0 Å². The van der Waals surface area contributed by atoms with Crippen molar-refractivity contribution in [2.45, 2.75) is 19.9 Å². The van der Waals surface area contributed by atoms with Gasteiger partial charge in [-0.2, -0.15) is 0 Å². The van der Waals surface area contributed by atoms with Gasteiger partial charge in [-0.05, 0) is 57.8 Å². The molecule has 0 saturated heterocycles. The lowest BCUT2D eigenvalue weighted by atomic mass is 10.0. The minimum atomic E-state index is -0.475. The first-order chi connectivity index (χ1) is 10.9. The third-order valence-electron chi connectivity index (χ3n) is 3.15. The summed E-state index contributed by atoms with van der Waals surface area (Å²) in [7, 11) is 0. The highest BCUT2D eigenvalue weighted by atomic mass is 79.9. The van der Waals surface area contributed by atoms with E-state index in [9.17, 15) is 9.59 Å². The van der Waals surface area contributed by atoms with Crippen LogP contribution in [0.3, 0.4) is 0 Å². The minimum absolute atomic E-state index is 0.0348. The summed E-state index contributed by atoms with van der Waals surface area (Å²) in [6.45, 7) is 3.74. The Morgan fingerprint density at radius 3 is 2.57 bits per heavy atom. The quantitative estimate of drug-likeness (QED) is 0.680. The standard InChI is InChI=1S/C15H16Br2N2O4/c1-3-22-14(20)12-8(2)18-15(21)19-11(12)7-23-13-9(16)5-4-6-10(13)17/h4-6,8H,3,7H2,1-2H3,(H2,18,19,21). The molecule has 1 aromatic rings. The first kappa shape index (κ1) is 17.8. The van der Waals surface area contributed by atoms with Crippen LogP contribution in [0.4, 0.5) is 4.79 Å². The van der Waals surface area contributed by atoms with Crippen LogP contribution in [-0.4, -0.2) is 31.3 Å². The van der Waals surface area contributed by atoms with Crippen molar-refractivity contribution in [3.8, 4) is 5.75 Å². The van der Waals surface area contributed by atoms with Crippen molar-refractivity contribution >= 4 is 43.9 Å². The summed E-state index contributed by atoms with van der Waals surface area (Å²) < 4.78 is 12.3. The molecule has 0 aromatic heterocycles. The van der Waals surface area contributed by atoms with Crippen LogP contribution >= 0.6 is 31.9 Å². The number of halogens is 2. The van der Waals surface area contributed by atoms with Crippen LogP contribution < -0.4 is 15.4 Å². The third kappa shape index (κ3) is 4.26. The molecule has 2 N–H and O–H groups in total. The number of benzene rings is 1. The maximum Gasteiger partial charge on any atom is 0.338 e. The highest BCUT2D eigenvalue weighted by Gasteiger charge is 2.30. The van der Waals surface area contributed by atoms with Gasteiger partial charge in [-0.25, -0.2) is 9.59 Å². The van der Waals surface area contributed by atoms with Gasteiger partial charge in [0.25, 0.3) is 0 Å². The number of para-hydroxylation sites is 1. The van der Waals surface area contributed by atoms with E-state index >= 15 is 0 Å². The summed E-state index contributed by atoms with van der Waals surface area (Å²) in [5.74, 6) is 0.112. The first-order valence-electron chi connectivity index (χ1n) is 6.98. The van der Waals surface area contributed by atoms with E-state index in [4.69, 9.17) is 9.47 Å². The Morgan fingerprint density at radius 2 is 1.96 bits per heavy atom. The second kappa shape index (κ2) is 7.83. The second-order valence-electron chi connectivity index (χ2n) is 4.77. The molecule has 0 fully saturated rings. The number of hydrogen-bond acceptors (Lipinski definition) is 4. The van der Waals surface area contributed by atoms with E-state index in [2.05, 4.69) is 42.5 Å². The molecule has 2 amide bonds. The fourth-order valence-corrected chi connectivity index (χ4v) is 3.39. The molecular weight excluding hydrogens is 432 g/mol. The van der Waals surface area contributed by atoms with E-state index in [1.165, 1.54) is 0 Å². The first-order valence-corrected chi connectivity index (χ1v) is 8.57. The summed E-state index contributed by atoms with van der Waals surface area (Å²) in [6.07, 6.45) is 0. The molecule has 0 aliphatic carbocycles. The molecule has 0 saturated carbocycles. The number of esters is 1. The van der Waals surface area contributed by atoms with Gasteiger partial charge in [0, 0.05) is 0 Å². The molecule has 1 aromatic carbocycles. The molecule has 8 heteroatoms. The molecule has 6 nitrogen and oxygen atoms in total. The van der Waals surface area contributed by atoms with Gasteiger partial charge in [0.1, 0.15) is 12.4 Å². The minimum Gasteiger partial charge on any atom is -0.485 e. The maximum atomic E-state index is 12.1. The zero-order chi connectivity index (χ0) is 17.0. The van der Waals surface area contributed by atoms with Gasteiger partial charge in [-0.1, -0.05) is 6.07 Å². The monoisotopic (exact) mass is 446 g/mol. The number of carbonyl (C=O) groups is 2. The summed E-state index contributed by atoms with van der Waals surface area (Å²) in [5, 5.41) is 5.26. The van der Waals surface area contributed by atoms with Gasteiger partial charge in [0.05, 0.1) is 32.9 Å². The topological polar surface area (TPSA) is 76.7 Å². The van der Waals surface area contributed by atoms with Crippen molar-refractivity contribution in [2.75, 3.05) is 13.2 Å². The Bertz CT molecular complexity index is 641. The van der Waals surface area contributed by atoms with E-state index in [1.54, 1.807) is 13.8 Å². The van der Waals surface area contributed by atoms with Crippen molar-refractivity contribution in [1.29, 1.82) is 0 Å². The molecule has 1 atom stereocenters. The largest absolute Gasteiger partial charge is 0.485 e. The lowest BCUT2D eigenvalue weighted by molar-refractivity contribution is -0.139. The van der Waals surface area contributed by atoms with E-state index < -0.39 is 12.0 Å². The van der Waals surface area contributed by atoms with E-state index in [0.29, 0.717) is 17.0 Å².